The smallest absolute Gasteiger partial charge is 0.462 e. The minimum atomic E-state index is -4.80. The van der Waals surface area contributed by atoms with Gasteiger partial charge in [-0.25, -0.2) is 4.57 Å². The molecule has 0 aromatic carbocycles. The maximum absolute atomic E-state index is 12.4. The van der Waals surface area contributed by atoms with Crippen LogP contribution in [0.25, 0.3) is 0 Å². The summed E-state index contributed by atoms with van der Waals surface area (Å²) < 4.78 is 26.2. The van der Waals surface area contributed by atoms with Gasteiger partial charge in [0.25, 0.3) is 0 Å². The van der Waals surface area contributed by atoms with Gasteiger partial charge in [0.2, 0.25) is 0 Å². The Morgan fingerprint density at radius 1 is 0.456 bits per heavy atom. The molecule has 10 heteroatoms. The summed E-state index contributed by atoms with van der Waals surface area (Å²) in [5.74, 6) is -1.10. The predicted molar refractivity (Wildman–Crippen MR) is 239 cm³/mol. The molecule has 0 saturated heterocycles. The monoisotopic (exact) mass is 815 g/mol. The Morgan fingerprint density at radius 3 is 1.04 bits per heavy atom. The van der Waals surface area contributed by atoms with Crippen molar-refractivity contribution in [2.24, 2.45) is 0 Å². The number of ether oxygens (including phenoxy) is 2. The number of carbonyl (C=O) groups is 2. The number of phosphoric acid groups is 1. The van der Waals surface area contributed by atoms with Crippen molar-refractivity contribution < 1.29 is 37.9 Å². The molecule has 0 aliphatic carbocycles. The van der Waals surface area contributed by atoms with Gasteiger partial charge < -0.3 is 19.3 Å². The third kappa shape index (κ3) is 47.2. The van der Waals surface area contributed by atoms with Gasteiger partial charge in [-0.3, -0.25) is 14.1 Å². The van der Waals surface area contributed by atoms with Crippen molar-refractivity contribution in [1.82, 2.24) is 0 Å². The fraction of sp³-hybridized carbons (Fsp3) is 0.447. The average molecular weight is 816 g/mol. The van der Waals surface area contributed by atoms with Crippen LogP contribution in [0, 0.1) is 0 Å². The standard InChI is InChI=1S/C47H69O8P.Na/c1-3-5-7-9-11-13-15-17-19-21-23-25-27-29-31-33-35-37-39-41-46(48)53-43-45(44-54-56(50,51)52)55-47(49)42-40-38-36-34-32-30-28-26-24-22-20-18-16-14-12-10-8-6-4-2;/h5-8,11-14,17-20,23-26,29-32,35-38,45H,3-4,9-10,15-16,21-22,27-28,33-34,39-44H2,1-2H3,(H2,50,51,52);/b7-5-,8-6-,13-11-,14-12-,19-17-,20-18-,25-23-,26-24-,31-29-,32-30-,37-35-,38-36-;/t45-;/m1./s1. The van der Waals surface area contributed by atoms with Crippen molar-refractivity contribution in [2.45, 2.75) is 123 Å². The molecule has 311 valence electrons. The number of carbonyl (C=O) groups excluding carboxylic acids is 2. The van der Waals surface area contributed by atoms with E-state index in [0.717, 1.165) is 77.0 Å². The normalized spacial score (nSPS) is 13.8. The average Bonchev–Trinajstić information content (AvgIpc) is 3.17. The summed E-state index contributed by atoms with van der Waals surface area (Å²) in [6.07, 6.45) is 61.6. The van der Waals surface area contributed by atoms with E-state index in [1.165, 1.54) is 0 Å². The van der Waals surface area contributed by atoms with E-state index < -0.39 is 32.5 Å². The molecule has 0 fully saturated rings. The van der Waals surface area contributed by atoms with Crippen LogP contribution in [0.3, 0.4) is 0 Å². The zero-order valence-corrected chi connectivity index (χ0v) is 37.8. The largest absolute Gasteiger partial charge is 0.469 e. The molecular weight excluding hydrogens is 746 g/mol. The van der Waals surface area contributed by atoms with Gasteiger partial charge in [0.15, 0.2) is 6.10 Å². The van der Waals surface area contributed by atoms with Gasteiger partial charge in [0.05, 0.1) is 6.61 Å². The predicted octanol–water partition coefficient (Wildman–Crippen LogP) is 12.1. The van der Waals surface area contributed by atoms with Crippen molar-refractivity contribution in [3.63, 3.8) is 0 Å². The molecule has 0 aliphatic rings. The first-order valence-electron chi connectivity index (χ1n) is 20.1. The number of phosphoric ester groups is 1. The number of hydrogen-bond donors (Lipinski definition) is 2. The van der Waals surface area contributed by atoms with E-state index in [4.69, 9.17) is 19.3 Å². The summed E-state index contributed by atoms with van der Waals surface area (Å²) in [5, 5.41) is 0. The summed E-state index contributed by atoms with van der Waals surface area (Å²) >= 11 is 0. The van der Waals surface area contributed by atoms with Crippen LogP contribution in [0.4, 0.5) is 0 Å². The van der Waals surface area contributed by atoms with Crippen LogP contribution in [0.2, 0.25) is 0 Å². The van der Waals surface area contributed by atoms with Crippen LogP contribution >= 0.6 is 7.82 Å². The summed E-state index contributed by atoms with van der Waals surface area (Å²) in [5.41, 5.74) is 0. The number of hydrogen-bond acceptors (Lipinski definition) is 6. The maximum atomic E-state index is 12.4. The zero-order chi connectivity index (χ0) is 41.1. The molecule has 8 nitrogen and oxygen atoms in total. The Balaban J connectivity index is 0. The summed E-state index contributed by atoms with van der Waals surface area (Å²) in [6.45, 7) is 3.30. The molecule has 0 saturated carbocycles. The zero-order valence-electron chi connectivity index (χ0n) is 35.0. The van der Waals surface area contributed by atoms with Crippen molar-refractivity contribution in [3.8, 4) is 0 Å². The second-order valence-corrected chi connectivity index (χ2v) is 13.7. The van der Waals surface area contributed by atoms with Gasteiger partial charge in [-0.2, -0.15) is 0 Å². The van der Waals surface area contributed by atoms with Crippen molar-refractivity contribution in [2.75, 3.05) is 13.2 Å². The van der Waals surface area contributed by atoms with E-state index in [9.17, 15) is 14.2 Å². The minimum absolute atomic E-state index is 0. The van der Waals surface area contributed by atoms with E-state index in [1.54, 1.807) is 0 Å². The van der Waals surface area contributed by atoms with E-state index in [0.29, 0.717) is 12.8 Å². The fourth-order valence-corrected chi connectivity index (χ4v) is 4.84. The number of rotatable bonds is 34. The Labute approximate surface area is 366 Å². The molecule has 1 atom stereocenters. The first-order chi connectivity index (χ1) is 27.3. The molecule has 0 aliphatic heterocycles. The molecule has 0 amide bonds. The molecule has 0 aromatic heterocycles. The topological polar surface area (TPSA) is 119 Å². The molecular formula is C47H69NaO8P. The molecule has 0 bridgehead atoms. The molecule has 0 spiro atoms. The Kier molecular flexibility index (Phi) is 43.3. The van der Waals surface area contributed by atoms with Crippen molar-refractivity contribution in [3.05, 3.63) is 146 Å². The van der Waals surface area contributed by atoms with Crippen LogP contribution in [0.1, 0.15) is 117 Å². The first kappa shape index (κ1) is 56.0. The van der Waals surface area contributed by atoms with E-state index >= 15 is 0 Å². The van der Waals surface area contributed by atoms with Crippen LogP contribution in [0.5, 0.6) is 0 Å². The molecule has 0 aromatic rings. The number of esters is 2. The second-order valence-electron chi connectivity index (χ2n) is 12.5. The second kappa shape index (κ2) is 44.0. The van der Waals surface area contributed by atoms with Crippen LogP contribution in [-0.2, 0) is 28.2 Å². The van der Waals surface area contributed by atoms with Gasteiger partial charge >= 0.3 is 19.8 Å². The van der Waals surface area contributed by atoms with E-state index in [1.807, 2.05) is 24.3 Å². The van der Waals surface area contributed by atoms with Gasteiger partial charge in [-0.05, 0) is 89.9 Å². The Hall–Kier alpha value is -3.07. The fourth-order valence-electron chi connectivity index (χ4n) is 4.48. The van der Waals surface area contributed by atoms with Crippen LogP contribution in [0.15, 0.2) is 146 Å². The molecule has 0 rings (SSSR count). The van der Waals surface area contributed by atoms with Gasteiger partial charge in [-0.1, -0.05) is 160 Å². The number of allylic oxidation sites excluding steroid dienone is 24. The van der Waals surface area contributed by atoms with Crippen LogP contribution in [-0.4, -0.2) is 70.6 Å². The Bertz CT molecular complexity index is 1410. The van der Waals surface area contributed by atoms with Gasteiger partial charge in [0, 0.05) is 42.4 Å². The Morgan fingerprint density at radius 2 is 0.737 bits per heavy atom. The minimum Gasteiger partial charge on any atom is -0.462 e. The molecule has 0 unspecified atom stereocenters. The third-order valence-corrected chi connectivity index (χ3v) is 7.87. The van der Waals surface area contributed by atoms with Crippen molar-refractivity contribution >= 4 is 49.3 Å². The maximum Gasteiger partial charge on any atom is 0.469 e. The van der Waals surface area contributed by atoms with Gasteiger partial charge in [-0.15, -0.1) is 0 Å². The summed E-state index contributed by atoms with van der Waals surface area (Å²) in [6, 6.07) is 0. The van der Waals surface area contributed by atoms with Crippen molar-refractivity contribution in [1.29, 1.82) is 0 Å². The van der Waals surface area contributed by atoms with Gasteiger partial charge in [0.1, 0.15) is 6.61 Å². The molecule has 1 radical (unpaired) electrons. The molecule has 2 N–H and O–H groups in total. The SMILES string of the molecule is CC/C=C\C/C=C\C/C=C\C/C=C\C/C=C\C/C=C\CCC(=O)OC[C@H](COP(=O)(O)O)OC(=O)CC/C=C\C/C=C\C/C=C\C/C=C\C/C=C\C/C=C\CC.[Na]. The summed E-state index contributed by atoms with van der Waals surface area (Å²) in [7, 11) is -4.80. The quantitative estimate of drug-likeness (QED) is 0.0285. The van der Waals surface area contributed by atoms with E-state index in [2.05, 4.69) is 140 Å². The third-order valence-electron chi connectivity index (χ3n) is 7.38. The summed E-state index contributed by atoms with van der Waals surface area (Å²) in [4.78, 5) is 42.7. The van der Waals surface area contributed by atoms with E-state index in [-0.39, 0.29) is 49.0 Å². The first-order valence-corrected chi connectivity index (χ1v) is 21.7. The molecule has 0 heterocycles. The molecule has 57 heavy (non-hydrogen) atoms. The van der Waals surface area contributed by atoms with Crippen LogP contribution < -0.4 is 0 Å².